The summed E-state index contributed by atoms with van der Waals surface area (Å²) in [5.41, 5.74) is 0.777. The van der Waals surface area contributed by atoms with E-state index in [4.69, 9.17) is 15.4 Å². The third-order valence-corrected chi connectivity index (χ3v) is 5.77. The van der Waals surface area contributed by atoms with Crippen molar-refractivity contribution in [2.75, 3.05) is 6.61 Å². The molecule has 0 aliphatic heterocycles. The van der Waals surface area contributed by atoms with E-state index in [0.29, 0.717) is 5.56 Å². The van der Waals surface area contributed by atoms with Gasteiger partial charge < -0.3 is 9.84 Å². The number of hydrogen-bond acceptors (Lipinski definition) is 7. The maximum atomic E-state index is 12.9. The summed E-state index contributed by atoms with van der Waals surface area (Å²) in [4.78, 5) is 14.7. The largest absolute Gasteiger partial charge is 0.505 e. The minimum atomic E-state index is -4.03. The van der Waals surface area contributed by atoms with E-state index in [2.05, 4.69) is 9.70 Å². The summed E-state index contributed by atoms with van der Waals surface area (Å²) in [6, 6.07) is 13.1. The lowest BCUT2D eigenvalue weighted by Crippen LogP contribution is -2.29. The van der Waals surface area contributed by atoms with Crippen molar-refractivity contribution in [1.29, 1.82) is 10.7 Å². The zero-order chi connectivity index (χ0) is 23.0. The molecule has 10 heteroatoms. The minimum Gasteiger partial charge on any atom is -0.505 e. The lowest BCUT2D eigenvalue weighted by molar-refractivity contribution is -0.138. The summed E-state index contributed by atoms with van der Waals surface area (Å²) in [6.07, 6.45) is -0.432. The Morgan fingerprint density at radius 1 is 1.26 bits per heavy atom. The summed E-state index contributed by atoms with van der Waals surface area (Å²) in [5, 5.41) is 28.7. The second kappa shape index (κ2) is 10.3. The number of nitriles is 1. The number of ether oxygens (including phenoxy) is 1. The number of esters is 1. The molecular weight excluding hydrogens is 420 g/mol. The number of aryl methyl sites for hydroxylation is 1. The fourth-order valence-electron chi connectivity index (χ4n) is 2.73. The van der Waals surface area contributed by atoms with E-state index in [1.807, 2.05) is 13.0 Å². The Kier molecular flexibility index (Phi) is 7.86. The summed E-state index contributed by atoms with van der Waals surface area (Å²) in [5.74, 6) is -1.74. The van der Waals surface area contributed by atoms with E-state index in [9.17, 15) is 18.3 Å². The van der Waals surface area contributed by atoms with Gasteiger partial charge >= 0.3 is 11.7 Å². The lowest BCUT2D eigenvalue weighted by atomic mass is 10.0. The third-order valence-electron chi connectivity index (χ3n) is 4.29. The van der Waals surface area contributed by atoms with Crippen LogP contribution in [-0.2, 0) is 19.6 Å². The third kappa shape index (κ3) is 6.12. The van der Waals surface area contributed by atoms with Gasteiger partial charge in [-0.2, -0.15) is 5.26 Å². The van der Waals surface area contributed by atoms with Crippen LogP contribution in [0.5, 0.6) is 0 Å². The number of rotatable bonds is 8. The molecule has 0 amide bonds. The molecule has 1 unspecified atom stereocenters. The van der Waals surface area contributed by atoms with Gasteiger partial charge in [0.05, 0.1) is 29.2 Å². The number of nitrogens with one attached hydrogen (secondary N) is 1. The SMILES string of the molecule is CCOC(=O)/C([N+]#N)=C(\O)CC(NS(=O)(=O)c1ccc(C)cc1)c1cccc(C#N)c1. The zero-order valence-corrected chi connectivity index (χ0v) is 17.8. The van der Waals surface area contributed by atoms with Gasteiger partial charge in [0.15, 0.2) is 10.7 Å². The first-order valence-corrected chi connectivity index (χ1v) is 10.7. The number of hydrogen-bond donors (Lipinski definition) is 2. The molecule has 160 valence electrons. The highest BCUT2D eigenvalue weighted by molar-refractivity contribution is 7.89. The topological polar surface area (TPSA) is 145 Å². The van der Waals surface area contributed by atoms with Gasteiger partial charge in [0.2, 0.25) is 15.4 Å². The van der Waals surface area contributed by atoms with Crippen LogP contribution in [0.25, 0.3) is 4.98 Å². The van der Waals surface area contributed by atoms with E-state index in [1.54, 1.807) is 24.3 Å². The van der Waals surface area contributed by atoms with Gasteiger partial charge in [-0.05, 0) is 43.7 Å². The standard InChI is InChI=1S/C21H20N4O5S/c1-3-30-21(27)20(24-23)19(26)12-18(16-6-4-5-15(11-16)13-22)25-31(28,29)17-9-7-14(2)8-10-17/h4-11,18,25H,3,12H2,1-2H3/p+1. The Hall–Kier alpha value is -3.73. The van der Waals surface area contributed by atoms with Crippen LogP contribution >= 0.6 is 0 Å². The second-order valence-corrected chi connectivity index (χ2v) is 8.26. The molecule has 0 radical (unpaired) electrons. The highest BCUT2D eigenvalue weighted by atomic mass is 32.2. The molecule has 0 aliphatic carbocycles. The molecule has 0 bridgehead atoms. The number of carbonyl (C=O) groups excluding carboxylic acids is 1. The zero-order valence-electron chi connectivity index (χ0n) is 16.9. The Morgan fingerprint density at radius 3 is 2.52 bits per heavy atom. The van der Waals surface area contributed by atoms with E-state index in [1.165, 1.54) is 31.2 Å². The molecule has 9 nitrogen and oxygen atoms in total. The van der Waals surface area contributed by atoms with Gasteiger partial charge in [-0.25, -0.2) is 17.9 Å². The number of nitrogens with zero attached hydrogens (tertiary/aromatic N) is 3. The maximum Gasteiger partial charge on any atom is 0.505 e. The molecule has 0 spiro atoms. The van der Waals surface area contributed by atoms with E-state index in [0.717, 1.165) is 5.56 Å². The molecular formula is C21H21N4O5S+. The van der Waals surface area contributed by atoms with Gasteiger partial charge in [0.25, 0.3) is 0 Å². The molecule has 0 fully saturated rings. The van der Waals surface area contributed by atoms with Crippen molar-refractivity contribution in [2.24, 2.45) is 0 Å². The van der Waals surface area contributed by atoms with Crippen LogP contribution < -0.4 is 4.72 Å². The Labute approximate surface area is 180 Å². The van der Waals surface area contributed by atoms with Gasteiger partial charge in [-0.15, -0.1) is 0 Å². The molecule has 0 saturated heterocycles. The molecule has 2 aromatic carbocycles. The van der Waals surface area contributed by atoms with Crippen LogP contribution in [0.1, 0.15) is 36.1 Å². The molecule has 0 heterocycles. The maximum absolute atomic E-state index is 12.9. The molecule has 0 aliphatic rings. The van der Waals surface area contributed by atoms with Crippen molar-refractivity contribution in [3.63, 3.8) is 0 Å². The first-order valence-electron chi connectivity index (χ1n) is 9.25. The van der Waals surface area contributed by atoms with Crippen molar-refractivity contribution < 1.29 is 23.1 Å². The average Bonchev–Trinajstić information content (AvgIpc) is 2.74. The Bertz CT molecular complexity index is 1180. The fraction of sp³-hybridized carbons (Fsp3) is 0.238. The van der Waals surface area contributed by atoms with E-state index < -0.39 is 39.9 Å². The van der Waals surface area contributed by atoms with Crippen molar-refractivity contribution in [2.45, 2.75) is 31.2 Å². The molecule has 0 aromatic heterocycles. The van der Waals surface area contributed by atoms with Crippen LogP contribution in [-0.4, -0.2) is 26.1 Å². The second-order valence-electron chi connectivity index (χ2n) is 6.54. The smallest absolute Gasteiger partial charge is 0.505 e. The number of sulfonamides is 1. The summed E-state index contributed by atoms with van der Waals surface area (Å²) in [6.45, 7) is 3.34. The molecule has 0 saturated carbocycles. The van der Waals surface area contributed by atoms with Crippen molar-refractivity contribution in [3.05, 3.63) is 81.7 Å². The summed E-state index contributed by atoms with van der Waals surface area (Å²) in [7, 11) is -4.03. The van der Waals surface area contributed by atoms with Crippen LogP contribution in [0, 0.1) is 23.6 Å². The molecule has 31 heavy (non-hydrogen) atoms. The molecule has 2 aromatic rings. The Morgan fingerprint density at radius 2 is 1.94 bits per heavy atom. The van der Waals surface area contributed by atoms with Gasteiger partial charge in [-0.3, -0.25) is 0 Å². The van der Waals surface area contributed by atoms with E-state index >= 15 is 0 Å². The first kappa shape index (κ1) is 23.5. The highest BCUT2D eigenvalue weighted by Crippen LogP contribution is 2.26. The van der Waals surface area contributed by atoms with Crippen molar-refractivity contribution in [1.82, 2.24) is 4.72 Å². The number of benzene rings is 2. The van der Waals surface area contributed by atoms with Crippen LogP contribution in [0.2, 0.25) is 0 Å². The fourth-order valence-corrected chi connectivity index (χ4v) is 3.96. The summed E-state index contributed by atoms with van der Waals surface area (Å²) < 4.78 is 33.0. The lowest BCUT2D eigenvalue weighted by Gasteiger charge is -2.19. The van der Waals surface area contributed by atoms with Crippen LogP contribution in [0.15, 0.2) is 64.9 Å². The molecule has 2 N–H and O–H groups in total. The molecule has 1 atom stereocenters. The monoisotopic (exact) mass is 441 g/mol. The number of diazo groups is 1. The predicted octanol–water partition coefficient (Wildman–Crippen LogP) is 3.46. The van der Waals surface area contributed by atoms with Crippen molar-refractivity contribution in [3.8, 4) is 6.07 Å². The van der Waals surface area contributed by atoms with Gasteiger partial charge in [0, 0.05) is 6.42 Å². The number of carbonyl (C=O) groups is 1. The highest BCUT2D eigenvalue weighted by Gasteiger charge is 2.33. The quantitative estimate of drug-likeness (QED) is 0.276. The predicted molar refractivity (Wildman–Crippen MR) is 111 cm³/mol. The van der Waals surface area contributed by atoms with Gasteiger partial charge in [0.1, 0.15) is 0 Å². The normalized spacial score (nSPS) is 12.8. The van der Waals surface area contributed by atoms with Crippen molar-refractivity contribution >= 4 is 16.0 Å². The minimum absolute atomic E-state index is 0.000434. The molecule has 2 rings (SSSR count). The number of aliphatic hydroxyl groups is 1. The van der Waals surface area contributed by atoms with Crippen LogP contribution in [0.3, 0.4) is 0 Å². The van der Waals surface area contributed by atoms with E-state index in [-0.39, 0.29) is 17.1 Å². The Balaban J connectivity index is 2.48. The number of aliphatic hydroxyl groups excluding tert-OH is 1. The first-order chi connectivity index (χ1) is 14.7. The van der Waals surface area contributed by atoms with Gasteiger partial charge in [-0.1, -0.05) is 29.8 Å². The van der Waals surface area contributed by atoms with Crippen LogP contribution in [0.4, 0.5) is 0 Å². The summed E-state index contributed by atoms with van der Waals surface area (Å²) >= 11 is 0. The average molecular weight is 441 g/mol.